The minimum absolute atomic E-state index is 0.00928. The number of amides is 3. The number of anilines is 1. The Morgan fingerprint density at radius 1 is 0.904 bits per heavy atom. The smallest absolute Gasteiger partial charge is 0.339 e. The summed E-state index contributed by atoms with van der Waals surface area (Å²) in [5.74, 6) is -1.28. The third-order valence-corrected chi connectivity index (χ3v) is 10.7. The molecule has 7 rings (SSSR count). The summed E-state index contributed by atoms with van der Waals surface area (Å²) in [6.07, 6.45) is 4.59. The van der Waals surface area contributed by atoms with Gasteiger partial charge in [-0.15, -0.1) is 0 Å². The zero-order chi connectivity index (χ0) is 36.8. The van der Waals surface area contributed by atoms with Crippen molar-refractivity contribution in [1.29, 1.82) is 0 Å². The number of carbonyl (C=O) groups is 4. The van der Waals surface area contributed by atoms with Crippen LogP contribution < -0.4 is 15.5 Å². The minimum atomic E-state index is -1.12. The van der Waals surface area contributed by atoms with E-state index in [9.17, 15) is 24.3 Å². The molecule has 3 aliphatic rings. The number of nitrogens with zero attached hydrogens (tertiary/aromatic N) is 2. The maximum absolute atomic E-state index is 13.7. The fourth-order valence-corrected chi connectivity index (χ4v) is 7.67. The van der Waals surface area contributed by atoms with Gasteiger partial charge in [-0.2, -0.15) is 0 Å². The highest BCUT2D eigenvalue weighted by Gasteiger charge is 2.47. The monoisotopic (exact) mass is 704 g/mol. The van der Waals surface area contributed by atoms with Crippen LogP contribution in [-0.2, 0) is 26.2 Å². The van der Waals surface area contributed by atoms with Gasteiger partial charge in [0.05, 0.1) is 11.3 Å². The second-order valence-corrected chi connectivity index (χ2v) is 14.5. The first-order valence-corrected chi connectivity index (χ1v) is 18.3. The number of piperidine rings is 2. The van der Waals surface area contributed by atoms with Gasteiger partial charge < -0.3 is 30.6 Å². The Morgan fingerprint density at radius 3 is 2.31 bits per heavy atom. The second kappa shape index (κ2) is 16.0. The molecule has 2 saturated heterocycles. The summed E-state index contributed by atoms with van der Waals surface area (Å²) in [4.78, 5) is 54.8. The van der Waals surface area contributed by atoms with Crippen LogP contribution in [0, 0.1) is 5.92 Å². The topological polar surface area (TPSA) is 139 Å². The van der Waals surface area contributed by atoms with Crippen LogP contribution in [0.25, 0.3) is 10.8 Å². The van der Waals surface area contributed by atoms with E-state index in [0.717, 1.165) is 60.8 Å². The van der Waals surface area contributed by atoms with Gasteiger partial charge in [-0.25, -0.2) is 4.79 Å². The van der Waals surface area contributed by atoms with Gasteiger partial charge in [0.15, 0.2) is 0 Å². The molecular formula is C42H48N4O6. The molecule has 10 heteroatoms. The van der Waals surface area contributed by atoms with Gasteiger partial charge in [-0.05, 0) is 87.6 Å². The van der Waals surface area contributed by atoms with Gasteiger partial charge in [0.25, 0.3) is 0 Å². The van der Waals surface area contributed by atoms with Crippen molar-refractivity contribution in [3.8, 4) is 5.75 Å². The number of carbonyl (C=O) groups excluding carboxylic acids is 3. The summed E-state index contributed by atoms with van der Waals surface area (Å²) in [6.45, 7) is 6.76. The zero-order valence-electron chi connectivity index (χ0n) is 29.9. The van der Waals surface area contributed by atoms with Crippen molar-refractivity contribution in [2.45, 2.75) is 69.9 Å². The number of phenols is 1. The lowest BCUT2D eigenvalue weighted by Crippen LogP contribution is -2.55. The Labute approximate surface area is 304 Å². The summed E-state index contributed by atoms with van der Waals surface area (Å²) in [5.41, 5.74) is 2.63. The van der Waals surface area contributed by atoms with Crippen LogP contribution in [0.4, 0.5) is 5.69 Å². The van der Waals surface area contributed by atoms with Crippen molar-refractivity contribution in [3.05, 3.63) is 108 Å². The van der Waals surface area contributed by atoms with Crippen molar-refractivity contribution in [2.75, 3.05) is 31.1 Å². The van der Waals surface area contributed by atoms with E-state index in [1.54, 1.807) is 18.2 Å². The van der Waals surface area contributed by atoms with E-state index in [0.29, 0.717) is 31.4 Å². The zero-order valence-corrected chi connectivity index (χ0v) is 29.9. The van der Waals surface area contributed by atoms with Crippen molar-refractivity contribution < 1.29 is 29.4 Å². The van der Waals surface area contributed by atoms with Gasteiger partial charge in [0, 0.05) is 36.7 Å². The molecule has 0 unspecified atom stereocenters. The summed E-state index contributed by atoms with van der Waals surface area (Å²) in [5, 5.41) is 26.2. The number of aromatic carboxylic acids is 1. The molecule has 3 aliphatic heterocycles. The standard InChI is InChI=1S/C31H40N4O3.C11H8O3/c1-31(2)25-12-6-7-13-27(25)35(30(31)38)24-16-19-34(20-17-24)29(37)26(15-14-22-9-4-3-5-10-22)33-28(36)23-11-8-18-32-21-23;12-10-8-4-2-1-3-7(8)5-6-9(10)11(13)14/h3-7,9-10,12-13,23-24,26,32H,8,11,14-21H2,1-2H3,(H,33,36);1-6,12H,(H,13,14)/t23-,26+;/m1./s1. The van der Waals surface area contributed by atoms with Crippen LogP contribution in [0.1, 0.15) is 67.4 Å². The van der Waals surface area contributed by atoms with Gasteiger partial charge >= 0.3 is 5.97 Å². The Balaban J connectivity index is 0.000000276. The van der Waals surface area contributed by atoms with Gasteiger partial charge in [-0.3, -0.25) is 14.4 Å². The first kappa shape index (κ1) is 36.6. The van der Waals surface area contributed by atoms with E-state index in [2.05, 4.69) is 22.8 Å². The number of fused-ring (bicyclic) bond motifs is 2. The number of aryl methyl sites for hydroxylation is 1. The molecule has 52 heavy (non-hydrogen) atoms. The summed E-state index contributed by atoms with van der Waals surface area (Å²) in [7, 11) is 0. The molecule has 2 atom stereocenters. The highest BCUT2D eigenvalue weighted by Crippen LogP contribution is 2.43. The molecule has 0 bridgehead atoms. The molecule has 4 aromatic rings. The first-order valence-electron chi connectivity index (χ1n) is 18.3. The first-order chi connectivity index (χ1) is 25.1. The predicted molar refractivity (Wildman–Crippen MR) is 201 cm³/mol. The predicted octanol–water partition coefficient (Wildman–Crippen LogP) is 5.66. The third kappa shape index (κ3) is 7.82. The molecule has 0 spiro atoms. The Hall–Kier alpha value is -5.22. The van der Waals surface area contributed by atoms with Crippen LogP contribution in [0.5, 0.6) is 5.75 Å². The highest BCUT2D eigenvalue weighted by atomic mass is 16.4. The number of benzene rings is 4. The third-order valence-electron chi connectivity index (χ3n) is 10.7. The van der Waals surface area contributed by atoms with E-state index in [4.69, 9.17) is 5.11 Å². The summed E-state index contributed by atoms with van der Waals surface area (Å²) >= 11 is 0. The van der Waals surface area contributed by atoms with Crippen LogP contribution in [0.3, 0.4) is 0 Å². The van der Waals surface area contributed by atoms with Crippen molar-refractivity contribution in [3.63, 3.8) is 0 Å². The van der Waals surface area contributed by atoms with Crippen LogP contribution in [-0.4, -0.2) is 77.1 Å². The van der Waals surface area contributed by atoms with E-state index in [1.165, 1.54) is 6.07 Å². The van der Waals surface area contributed by atoms with Crippen LogP contribution in [0.2, 0.25) is 0 Å². The maximum atomic E-state index is 13.7. The van der Waals surface area contributed by atoms with Gasteiger partial charge in [0.2, 0.25) is 17.7 Å². The van der Waals surface area contributed by atoms with Crippen molar-refractivity contribution >= 4 is 40.2 Å². The molecular weight excluding hydrogens is 656 g/mol. The summed E-state index contributed by atoms with van der Waals surface area (Å²) < 4.78 is 0. The van der Waals surface area contributed by atoms with E-state index < -0.39 is 17.4 Å². The number of aromatic hydroxyl groups is 1. The second-order valence-electron chi connectivity index (χ2n) is 14.5. The maximum Gasteiger partial charge on any atom is 0.339 e. The van der Waals surface area contributed by atoms with Crippen molar-refractivity contribution in [1.82, 2.24) is 15.5 Å². The average molecular weight is 705 g/mol. The minimum Gasteiger partial charge on any atom is -0.506 e. The lowest BCUT2D eigenvalue weighted by Gasteiger charge is -2.39. The fraction of sp³-hybridized carbons (Fsp3) is 0.381. The van der Waals surface area contributed by atoms with Crippen LogP contribution in [0.15, 0.2) is 91.0 Å². The number of likely N-dealkylation sites (tertiary alicyclic amines) is 1. The van der Waals surface area contributed by atoms with Gasteiger partial charge in [-0.1, -0.05) is 78.9 Å². The van der Waals surface area contributed by atoms with Gasteiger partial charge in [0.1, 0.15) is 17.4 Å². The van der Waals surface area contributed by atoms with Crippen LogP contribution >= 0.6 is 0 Å². The molecule has 4 aromatic carbocycles. The Bertz CT molecular complexity index is 1910. The molecule has 0 aromatic heterocycles. The lowest BCUT2D eigenvalue weighted by molar-refractivity contribution is -0.138. The average Bonchev–Trinajstić information content (AvgIpc) is 3.38. The van der Waals surface area contributed by atoms with E-state index in [-0.39, 0.29) is 41.0 Å². The molecule has 4 N–H and O–H groups in total. The largest absolute Gasteiger partial charge is 0.506 e. The number of nitrogens with one attached hydrogen (secondary N) is 2. The normalized spacial score (nSPS) is 19.0. The fourth-order valence-electron chi connectivity index (χ4n) is 7.67. The SMILES string of the molecule is CC1(C)C(=O)N(C2CCN(C(=O)[C@H](CCc3ccccc3)NC(=O)[C@@H]3CCCNC3)CC2)c2ccccc21.O=C(O)c1ccc2ccccc2c1O. The number of hydrogen-bond acceptors (Lipinski definition) is 6. The molecule has 0 aliphatic carbocycles. The van der Waals surface area contributed by atoms with E-state index >= 15 is 0 Å². The Morgan fingerprint density at radius 2 is 1.60 bits per heavy atom. The molecule has 10 nitrogen and oxygen atoms in total. The number of para-hydroxylation sites is 1. The number of carboxylic acids is 1. The van der Waals surface area contributed by atoms with E-state index in [1.807, 2.05) is 78.2 Å². The lowest BCUT2D eigenvalue weighted by atomic mass is 9.86. The van der Waals surface area contributed by atoms with Crippen molar-refractivity contribution in [2.24, 2.45) is 5.92 Å². The molecule has 0 saturated carbocycles. The molecule has 2 fully saturated rings. The molecule has 3 heterocycles. The Kier molecular flexibility index (Phi) is 11.2. The number of rotatable bonds is 8. The quantitative estimate of drug-likeness (QED) is 0.186. The number of hydrogen-bond donors (Lipinski definition) is 4. The molecule has 0 radical (unpaired) electrons. The number of carboxylic acid groups (broad SMARTS) is 1. The molecule has 272 valence electrons. The highest BCUT2D eigenvalue weighted by molar-refractivity contribution is 6.08. The molecule has 3 amide bonds. The summed E-state index contributed by atoms with van der Waals surface area (Å²) in [6, 6.07) is 27.9.